The molecular formula is C24H19FN2O2. The Hall–Kier alpha value is -3.73. The average molecular weight is 386 g/mol. The monoisotopic (exact) mass is 386 g/mol. The summed E-state index contributed by atoms with van der Waals surface area (Å²) in [5.41, 5.74) is 2.73. The Morgan fingerprint density at radius 3 is 2.41 bits per heavy atom. The average Bonchev–Trinajstić information content (AvgIpc) is 2.89. The molecule has 3 aromatic carbocycles. The Morgan fingerprint density at radius 1 is 1.00 bits per heavy atom. The topological polar surface area (TPSA) is 49.4 Å². The molecule has 0 spiro atoms. The first-order valence-electron chi connectivity index (χ1n) is 9.30. The van der Waals surface area contributed by atoms with Crippen molar-refractivity contribution >= 4 is 23.6 Å². The van der Waals surface area contributed by atoms with Crippen LogP contribution in [-0.4, -0.2) is 23.3 Å². The lowest BCUT2D eigenvalue weighted by atomic mass is 9.95. The number of fused-ring (bicyclic) bond motifs is 1. The minimum absolute atomic E-state index is 0.131. The van der Waals surface area contributed by atoms with E-state index in [4.69, 9.17) is 0 Å². The number of rotatable bonds is 3. The number of amides is 2. The predicted molar refractivity (Wildman–Crippen MR) is 111 cm³/mol. The van der Waals surface area contributed by atoms with Crippen LogP contribution in [0.5, 0.6) is 0 Å². The molecule has 1 atom stereocenters. The summed E-state index contributed by atoms with van der Waals surface area (Å²) in [5.74, 6) is -1.07. The summed E-state index contributed by atoms with van der Waals surface area (Å²) >= 11 is 0. The van der Waals surface area contributed by atoms with Gasteiger partial charge in [0.1, 0.15) is 12.4 Å². The Bertz CT molecular complexity index is 1060. The predicted octanol–water partition coefficient (Wildman–Crippen LogP) is 4.41. The first-order valence-corrected chi connectivity index (χ1v) is 9.30. The van der Waals surface area contributed by atoms with Crippen LogP contribution in [0.3, 0.4) is 0 Å². The molecule has 0 bridgehead atoms. The maximum atomic E-state index is 14.1. The van der Waals surface area contributed by atoms with Crippen molar-refractivity contribution in [1.82, 2.24) is 4.90 Å². The molecule has 1 aliphatic heterocycles. The van der Waals surface area contributed by atoms with Gasteiger partial charge in [-0.1, -0.05) is 60.7 Å². The molecular weight excluding hydrogens is 367 g/mol. The number of carbonyl (C=O) groups is 2. The minimum Gasteiger partial charge on any atom is -0.324 e. The molecule has 0 saturated carbocycles. The van der Waals surface area contributed by atoms with Gasteiger partial charge in [0.25, 0.3) is 0 Å². The Morgan fingerprint density at radius 2 is 1.69 bits per heavy atom. The smallest absolute Gasteiger partial charge is 0.247 e. The van der Waals surface area contributed by atoms with Crippen molar-refractivity contribution in [2.75, 3.05) is 11.9 Å². The maximum absolute atomic E-state index is 14.1. The van der Waals surface area contributed by atoms with Crippen LogP contribution in [0.4, 0.5) is 10.1 Å². The molecule has 0 saturated heterocycles. The molecule has 4 nitrogen and oxygen atoms in total. The van der Waals surface area contributed by atoms with Gasteiger partial charge in [0.2, 0.25) is 11.8 Å². The summed E-state index contributed by atoms with van der Waals surface area (Å²) in [7, 11) is 0. The van der Waals surface area contributed by atoms with Gasteiger partial charge in [-0.15, -0.1) is 0 Å². The van der Waals surface area contributed by atoms with E-state index in [1.165, 1.54) is 29.2 Å². The lowest BCUT2D eigenvalue weighted by Gasteiger charge is -2.29. The van der Waals surface area contributed by atoms with Gasteiger partial charge in [-0.05, 0) is 35.4 Å². The molecule has 4 rings (SSSR count). The summed E-state index contributed by atoms with van der Waals surface area (Å²) < 4.78 is 14.1. The number of halogens is 1. The molecule has 2 amide bonds. The van der Waals surface area contributed by atoms with Gasteiger partial charge in [0, 0.05) is 17.3 Å². The fourth-order valence-corrected chi connectivity index (χ4v) is 3.50. The van der Waals surface area contributed by atoms with Gasteiger partial charge in [0.15, 0.2) is 0 Å². The zero-order valence-electron chi connectivity index (χ0n) is 15.6. The highest BCUT2D eigenvalue weighted by Gasteiger charge is 2.32. The lowest BCUT2D eigenvalue weighted by molar-refractivity contribution is -0.131. The van der Waals surface area contributed by atoms with E-state index in [1.807, 2.05) is 60.7 Å². The number of anilines is 1. The molecule has 144 valence electrons. The SMILES string of the molecule is O=C1CN(C(=O)C=Cc2ccccc2)[C@@H](c2ccccc2)c2cc(F)ccc2N1. The molecule has 1 N–H and O–H groups in total. The first-order chi connectivity index (χ1) is 14.1. The minimum atomic E-state index is -0.589. The van der Waals surface area contributed by atoms with E-state index < -0.39 is 11.9 Å². The highest BCUT2D eigenvalue weighted by atomic mass is 19.1. The fraction of sp³-hybridized carbons (Fsp3) is 0.0833. The van der Waals surface area contributed by atoms with Crippen LogP contribution >= 0.6 is 0 Å². The van der Waals surface area contributed by atoms with Crippen molar-refractivity contribution in [3.8, 4) is 0 Å². The number of nitrogens with zero attached hydrogens (tertiary/aromatic N) is 1. The van der Waals surface area contributed by atoms with Gasteiger partial charge >= 0.3 is 0 Å². The van der Waals surface area contributed by atoms with Crippen molar-refractivity contribution in [3.63, 3.8) is 0 Å². The van der Waals surface area contributed by atoms with E-state index in [2.05, 4.69) is 5.32 Å². The normalized spacial score (nSPS) is 16.2. The Kier molecular flexibility index (Phi) is 5.20. The fourth-order valence-electron chi connectivity index (χ4n) is 3.50. The van der Waals surface area contributed by atoms with Crippen LogP contribution in [0.15, 0.2) is 84.9 Å². The van der Waals surface area contributed by atoms with Crippen LogP contribution in [-0.2, 0) is 9.59 Å². The zero-order valence-corrected chi connectivity index (χ0v) is 15.6. The van der Waals surface area contributed by atoms with E-state index in [9.17, 15) is 14.0 Å². The maximum Gasteiger partial charge on any atom is 0.247 e. The number of hydrogen-bond acceptors (Lipinski definition) is 2. The van der Waals surface area contributed by atoms with Crippen molar-refractivity contribution < 1.29 is 14.0 Å². The van der Waals surface area contributed by atoms with E-state index in [-0.39, 0.29) is 18.4 Å². The van der Waals surface area contributed by atoms with Gasteiger partial charge in [-0.2, -0.15) is 0 Å². The van der Waals surface area contributed by atoms with Gasteiger partial charge in [-0.25, -0.2) is 4.39 Å². The van der Waals surface area contributed by atoms with Crippen molar-refractivity contribution in [2.24, 2.45) is 0 Å². The van der Waals surface area contributed by atoms with Crippen LogP contribution in [0.25, 0.3) is 6.08 Å². The van der Waals surface area contributed by atoms with Crippen LogP contribution in [0.2, 0.25) is 0 Å². The third-order valence-corrected chi connectivity index (χ3v) is 4.82. The molecule has 0 radical (unpaired) electrons. The molecule has 5 heteroatoms. The molecule has 29 heavy (non-hydrogen) atoms. The van der Waals surface area contributed by atoms with E-state index in [1.54, 1.807) is 6.08 Å². The summed E-state index contributed by atoms with van der Waals surface area (Å²) in [6.07, 6.45) is 3.16. The summed E-state index contributed by atoms with van der Waals surface area (Å²) in [6.45, 7) is -0.131. The van der Waals surface area contributed by atoms with Gasteiger partial charge < -0.3 is 10.2 Å². The number of carbonyl (C=O) groups excluding carboxylic acids is 2. The second kappa shape index (κ2) is 8.10. The molecule has 3 aromatic rings. The first kappa shape index (κ1) is 18.6. The largest absolute Gasteiger partial charge is 0.324 e. The summed E-state index contributed by atoms with van der Waals surface area (Å²) in [4.78, 5) is 27.1. The van der Waals surface area contributed by atoms with E-state index in [0.29, 0.717) is 11.3 Å². The van der Waals surface area contributed by atoms with Crippen LogP contribution < -0.4 is 5.32 Å². The highest BCUT2D eigenvalue weighted by molar-refractivity contribution is 6.00. The second-order valence-corrected chi connectivity index (χ2v) is 6.80. The van der Waals surface area contributed by atoms with Gasteiger partial charge in [-0.3, -0.25) is 9.59 Å². The summed E-state index contributed by atoms with van der Waals surface area (Å²) in [6, 6.07) is 22.4. The zero-order chi connectivity index (χ0) is 20.2. The molecule has 0 aromatic heterocycles. The third-order valence-electron chi connectivity index (χ3n) is 4.82. The molecule has 0 aliphatic carbocycles. The number of nitrogens with one attached hydrogen (secondary N) is 1. The second-order valence-electron chi connectivity index (χ2n) is 6.80. The molecule has 0 fully saturated rings. The van der Waals surface area contributed by atoms with Gasteiger partial charge in [0.05, 0.1) is 6.04 Å². The van der Waals surface area contributed by atoms with E-state index >= 15 is 0 Å². The van der Waals surface area contributed by atoms with Crippen molar-refractivity contribution in [1.29, 1.82) is 0 Å². The third kappa shape index (κ3) is 4.09. The van der Waals surface area contributed by atoms with Crippen molar-refractivity contribution in [3.05, 3.63) is 107 Å². The number of hydrogen-bond donors (Lipinski definition) is 1. The Balaban J connectivity index is 1.78. The summed E-state index contributed by atoms with van der Waals surface area (Å²) in [5, 5.41) is 2.78. The molecule has 1 heterocycles. The quantitative estimate of drug-likeness (QED) is 0.678. The standard InChI is InChI=1S/C24H19FN2O2/c25-19-12-13-21-20(15-19)24(18-9-5-2-6-10-18)27(16-22(28)26-21)23(29)14-11-17-7-3-1-4-8-17/h1-15,24H,16H2,(H,26,28)/t24-/m0/s1. The Labute approximate surface area is 168 Å². The molecule has 0 unspecified atom stereocenters. The molecule has 1 aliphatic rings. The van der Waals surface area contributed by atoms with Crippen molar-refractivity contribution in [2.45, 2.75) is 6.04 Å². The number of benzene rings is 3. The van der Waals surface area contributed by atoms with Crippen LogP contribution in [0, 0.1) is 5.82 Å². The highest BCUT2D eigenvalue weighted by Crippen LogP contribution is 2.36. The van der Waals surface area contributed by atoms with E-state index in [0.717, 1.165) is 11.1 Å². The lowest BCUT2D eigenvalue weighted by Crippen LogP contribution is -2.38. The van der Waals surface area contributed by atoms with Crippen LogP contribution in [0.1, 0.15) is 22.7 Å².